The fraction of sp³-hybridized carbons (Fsp3) is 0.370. The van der Waals surface area contributed by atoms with Crippen molar-refractivity contribution in [1.82, 2.24) is 24.3 Å². The molecule has 0 radical (unpaired) electrons. The third-order valence-corrected chi connectivity index (χ3v) is 7.59. The lowest BCUT2D eigenvalue weighted by molar-refractivity contribution is -0.140. The number of fused-ring (bicyclic) bond motifs is 1. The maximum atomic E-state index is 12.9. The van der Waals surface area contributed by atoms with Gasteiger partial charge in [-0.25, -0.2) is 9.20 Å². The van der Waals surface area contributed by atoms with Gasteiger partial charge in [-0.05, 0) is 60.8 Å². The predicted molar refractivity (Wildman–Crippen MR) is 129 cm³/mol. The quantitative estimate of drug-likeness (QED) is 0.368. The molecule has 2 aliphatic rings. The summed E-state index contributed by atoms with van der Waals surface area (Å²) >= 11 is 0. The first kappa shape index (κ1) is 21.9. The molecule has 1 amide bonds. The van der Waals surface area contributed by atoms with Crippen molar-refractivity contribution in [1.29, 1.82) is 0 Å². The van der Waals surface area contributed by atoms with Crippen LogP contribution in [-0.2, 0) is 4.79 Å². The Labute approximate surface area is 202 Å². The Morgan fingerprint density at radius 2 is 1.66 bits per heavy atom. The van der Waals surface area contributed by atoms with Crippen molar-refractivity contribution in [3.05, 3.63) is 66.7 Å². The van der Waals surface area contributed by atoms with E-state index in [-0.39, 0.29) is 5.92 Å². The first-order valence-electron chi connectivity index (χ1n) is 12.3. The van der Waals surface area contributed by atoms with Gasteiger partial charge in [0, 0.05) is 42.5 Å². The zero-order chi connectivity index (χ0) is 23.9. The molecule has 1 aliphatic heterocycles. The Kier molecular flexibility index (Phi) is 5.59. The van der Waals surface area contributed by atoms with E-state index in [2.05, 4.69) is 16.3 Å². The van der Waals surface area contributed by atoms with Crippen LogP contribution in [0.15, 0.2) is 61.2 Å². The number of rotatable bonds is 5. The average Bonchev–Trinajstić information content (AvgIpc) is 3.51. The van der Waals surface area contributed by atoms with Gasteiger partial charge in [-0.1, -0.05) is 30.3 Å². The molecule has 0 atom stereocenters. The highest BCUT2D eigenvalue weighted by Gasteiger charge is 2.32. The normalized spacial score (nSPS) is 20.4. The largest absolute Gasteiger partial charge is 0.342 e. The van der Waals surface area contributed by atoms with Crippen LogP contribution < -0.4 is 0 Å². The first-order valence-corrected chi connectivity index (χ1v) is 12.3. The number of benzene rings is 1. The third-order valence-electron chi connectivity index (χ3n) is 7.59. The molecule has 0 unspecified atom stereocenters. The molecule has 1 aliphatic carbocycles. The number of carbonyl (C=O) groups is 1. The van der Waals surface area contributed by atoms with Crippen molar-refractivity contribution >= 4 is 11.4 Å². The summed E-state index contributed by atoms with van der Waals surface area (Å²) in [5.41, 5.74) is 5.94. The smallest absolute Gasteiger partial charge is 0.333 e. The molecule has 0 bridgehead atoms. The van der Waals surface area contributed by atoms with E-state index in [4.69, 9.17) is 0 Å². The number of pyridine rings is 1. The molecule has 35 heavy (non-hydrogen) atoms. The van der Waals surface area contributed by atoms with Crippen molar-refractivity contribution < 1.29 is 13.6 Å². The summed E-state index contributed by atoms with van der Waals surface area (Å²) in [6, 6.07) is 12.1. The highest BCUT2D eigenvalue weighted by molar-refractivity contribution is 5.84. The van der Waals surface area contributed by atoms with Crippen LogP contribution in [0, 0.1) is 5.92 Å². The SMILES string of the molecule is O=C(C1CCC(c2cccn3ncc(-c4ccc(-c5cnn(C(F)F)c5)cc4)c23)CC1)N1CCC1. The maximum absolute atomic E-state index is 12.9. The molecule has 6 nitrogen and oxygen atoms in total. The van der Waals surface area contributed by atoms with Gasteiger partial charge in [-0.15, -0.1) is 0 Å². The van der Waals surface area contributed by atoms with Gasteiger partial charge in [0.1, 0.15) is 0 Å². The number of hydrogen-bond donors (Lipinski definition) is 0. The second-order valence-corrected chi connectivity index (χ2v) is 9.61. The number of amides is 1. The topological polar surface area (TPSA) is 55.4 Å². The van der Waals surface area contributed by atoms with Crippen LogP contribution in [0.5, 0.6) is 0 Å². The Morgan fingerprint density at radius 1 is 0.914 bits per heavy atom. The molecule has 1 saturated carbocycles. The van der Waals surface area contributed by atoms with E-state index in [0.717, 1.165) is 67.4 Å². The summed E-state index contributed by atoms with van der Waals surface area (Å²) in [6.07, 6.45) is 11.7. The minimum Gasteiger partial charge on any atom is -0.342 e. The molecule has 180 valence electrons. The van der Waals surface area contributed by atoms with E-state index in [1.54, 1.807) is 0 Å². The van der Waals surface area contributed by atoms with E-state index in [1.165, 1.54) is 18.0 Å². The molecule has 8 heteroatoms. The van der Waals surface area contributed by atoms with Crippen molar-refractivity contribution in [3.8, 4) is 22.3 Å². The van der Waals surface area contributed by atoms with Crippen LogP contribution in [0.3, 0.4) is 0 Å². The molecule has 2 fully saturated rings. The number of aromatic nitrogens is 4. The van der Waals surface area contributed by atoms with Gasteiger partial charge in [-0.3, -0.25) is 4.79 Å². The molecule has 0 N–H and O–H groups in total. The molecule has 1 saturated heterocycles. The highest BCUT2D eigenvalue weighted by Crippen LogP contribution is 2.40. The number of hydrogen-bond acceptors (Lipinski definition) is 3. The average molecular weight is 476 g/mol. The summed E-state index contributed by atoms with van der Waals surface area (Å²) in [4.78, 5) is 14.7. The van der Waals surface area contributed by atoms with Crippen LogP contribution in [0.25, 0.3) is 27.8 Å². The minimum absolute atomic E-state index is 0.164. The Morgan fingerprint density at radius 3 is 2.31 bits per heavy atom. The lowest BCUT2D eigenvalue weighted by Crippen LogP contribution is -2.45. The second-order valence-electron chi connectivity index (χ2n) is 9.61. The molecule has 1 aromatic carbocycles. The third kappa shape index (κ3) is 4.00. The molecule has 6 rings (SSSR count). The maximum Gasteiger partial charge on any atom is 0.333 e. The van der Waals surface area contributed by atoms with E-state index in [0.29, 0.717) is 22.1 Å². The molecule has 0 spiro atoms. The van der Waals surface area contributed by atoms with Crippen molar-refractivity contribution in [2.24, 2.45) is 5.92 Å². The fourth-order valence-corrected chi connectivity index (χ4v) is 5.49. The summed E-state index contributed by atoms with van der Waals surface area (Å²) < 4.78 is 28.3. The Bertz CT molecular complexity index is 1350. The first-order chi connectivity index (χ1) is 17.1. The molecular weight excluding hydrogens is 448 g/mol. The van der Waals surface area contributed by atoms with Gasteiger partial charge in [-0.2, -0.15) is 19.0 Å². The van der Waals surface area contributed by atoms with Crippen molar-refractivity contribution in [2.75, 3.05) is 13.1 Å². The van der Waals surface area contributed by atoms with Gasteiger partial charge in [0.05, 0.1) is 17.9 Å². The zero-order valence-electron chi connectivity index (χ0n) is 19.4. The summed E-state index contributed by atoms with van der Waals surface area (Å²) in [5.74, 6) is 0.906. The van der Waals surface area contributed by atoms with Crippen LogP contribution in [0.1, 0.15) is 50.1 Å². The minimum atomic E-state index is -2.65. The van der Waals surface area contributed by atoms with Crippen molar-refractivity contribution in [3.63, 3.8) is 0 Å². The van der Waals surface area contributed by atoms with Crippen LogP contribution in [0.2, 0.25) is 0 Å². The van der Waals surface area contributed by atoms with E-state index in [1.807, 2.05) is 52.1 Å². The fourth-order valence-electron chi connectivity index (χ4n) is 5.49. The van der Waals surface area contributed by atoms with E-state index < -0.39 is 6.55 Å². The number of carbonyl (C=O) groups excluding carboxylic acids is 1. The molecular formula is C27H27F2N5O. The lowest BCUT2D eigenvalue weighted by Gasteiger charge is -2.36. The summed E-state index contributed by atoms with van der Waals surface area (Å²) in [6.45, 7) is -0.806. The van der Waals surface area contributed by atoms with E-state index in [9.17, 15) is 13.6 Å². The summed E-state index contributed by atoms with van der Waals surface area (Å²) in [7, 11) is 0. The second kappa shape index (κ2) is 8.91. The van der Waals surface area contributed by atoms with Gasteiger partial charge in [0.15, 0.2) is 0 Å². The zero-order valence-corrected chi connectivity index (χ0v) is 19.4. The van der Waals surface area contributed by atoms with Crippen LogP contribution in [-0.4, -0.2) is 43.3 Å². The standard InChI is InChI=1S/C27H27F2N5O/c28-27(29)34-17-22(15-30-34)18-4-6-20(7-5-18)24-16-31-33-14-1-3-23(25(24)33)19-8-10-21(11-9-19)26(35)32-12-2-13-32/h1,3-7,14-17,19,21,27H,2,8-13H2. The Balaban J connectivity index is 1.25. The highest BCUT2D eigenvalue weighted by atomic mass is 19.3. The number of nitrogens with zero attached hydrogens (tertiary/aromatic N) is 5. The van der Waals surface area contributed by atoms with Crippen LogP contribution in [0.4, 0.5) is 8.78 Å². The molecule has 4 heterocycles. The molecule has 4 aromatic rings. The summed E-state index contributed by atoms with van der Waals surface area (Å²) in [5, 5.41) is 8.33. The molecule has 3 aromatic heterocycles. The predicted octanol–water partition coefficient (Wildman–Crippen LogP) is 5.77. The van der Waals surface area contributed by atoms with Crippen molar-refractivity contribution in [2.45, 2.75) is 44.6 Å². The van der Waals surface area contributed by atoms with E-state index >= 15 is 0 Å². The Hall–Kier alpha value is -3.55. The van der Waals surface area contributed by atoms with Gasteiger partial charge >= 0.3 is 6.55 Å². The lowest BCUT2D eigenvalue weighted by atomic mass is 9.77. The van der Waals surface area contributed by atoms with Gasteiger partial charge in [0.2, 0.25) is 5.91 Å². The monoisotopic (exact) mass is 475 g/mol. The van der Waals surface area contributed by atoms with Crippen LogP contribution >= 0.6 is 0 Å². The number of halogens is 2. The van der Waals surface area contributed by atoms with Gasteiger partial charge in [0.25, 0.3) is 0 Å². The number of alkyl halides is 2. The number of likely N-dealkylation sites (tertiary alicyclic amines) is 1. The van der Waals surface area contributed by atoms with Gasteiger partial charge < -0.3 is 4.90 Å².